The smallest absolute Gasteiger partial charge is 0.313 e. The molecule has 0 amide bonds. The molecule has 0 saturated carbocycles. The Bertz CT molecular complexity index is 3260. The van der Waals surface area contributed by atoms with Crippen molar-refractivity contribution in [2.75, 3.05) is 0 Å². The van der Waals surface area contributed by atoms with Crippen LogP contribution in [0.3, 0.4) is 0 Å². The van der Waals surface area contributed by atoms with E-state index in [-0.39, 0.29) is 11.1 Å². The van der Waals surface area contributed by atoms with Crippen LogP contribution in [0.2, 0.25) is 0 Å². The van der Waals surface area contributed by atoms with Crippen LogP contribution >= 0.6 is 0 Å². The van der Waals surface area contributed by atoms with Crippen molar-refractivity contribution in [1.82, 2.24) is 13.7 Å². The molecule has 11 rings (SSSR count). The van der Waals surface area contributed by atoms with Gasteiger partial charge in [0.1, 0.15) is 0 Å². The van der Waals surface area contributed by atoms with Crippen molar-refractivity contribution >= 4 is 66.2 Å². The van der Waals surface area contributed by atoms with Gasteiger partial charge in [-0.25, -0.2) is 0 Å². The van der Waals surface area contributed by atoms with Gasteiger partial charge in [-0.15, -0.1) is 0 Å². The molecular weight excluding hydrogens is 769 g/mol. The first-order chi connectivity index (χ1) is 29.0. The molecule has 0 radical (unpaired) electrons. The number of benzene rings is 6. The number of allylic oxidation sites excluding steroid dienone is 5. The van der Waals surface area contributed by atoms with E-state index >= 15 is 0 Å². The fraction of sp³-hybridized carbons (Fsp3) is 0.137. The maximum Gasteiger partial charge on any atom is 0.413 e. The highest BCUT2D eigenvalue weighted by Gasteiger charge is 2.50. The third-order valence-electron chi connectivity index (χ3n) is 12.6. The first-order valence-electron chi connectivity index (χ1n) is 20.0. The minimum Gasteiger partial charge on any atom is -0.313 e. The molecule has 3 aromatic heterocycles. The van der Waals surface area contributed by atoms with E-state index in [1.54, 1.807) is 24.3 Å². The molecule has 3 heterocycles. The van der Waals surface area contributed by atoms with Gasteiger partial charge in [0, 0.05) is 66.7 Å². The number of fused-ring (bicyclic) bond motifs is 9. The van der Waals surface area contributed by atoms with Crippen LogP contribution in [0.15, 0.2) is 157 Å². The summed E-state index contributed by atoms with van der Waals surface area (Å²) in [6.07, 6.45) is -1.62. The van der Waals surface area contributed by atoms with Crippen molar-refractivity contribution in [1.29, 1.82) is 0 Å². The summed E-state index contributed by atoms with van der Waals surface area (Å²) in [7, 11) is 0. The summed E-state index contributed by atoms with van der Waals surface area (Å²) in [6, 6.07) is 44.7. The molecule has 296 valence electrons. The highest BCUT2D eigenvalue weighted by Crippen LogP contribution is 2.49. The summed E-state index contributed by atoms with van der Waals surface area (Å²) in [5.74, 6) is -4.02. The Balaban J connectivity index is 1.13. The number of hydrogen-bond donors (Lipinski definition) is 0. The molecule has 2 aliphatic carbocycles. The van der Waals surface area contributed by atoms with Crippen molar-refractivity contribution in [2.45, 2.75) is 32.1 Å². The van der Waals surface area contributed by atoms with E-state index in [0.717, 1.165) is 92.4 Å². The molecule has 0 bridgehead atoms. The van der Waals surface area contributed by atoms with Gasteiger partial charge >= 0.3 is 12.4 Å². The van der Waals surface area contributed by atoms with Crippen LogP contribution < -0.4 is 0 Å². The largest absolute Gasteiger partial charge is 0.413 e. The Morgan fingerprint density at radius 2 is 1.02 bits per heavy atom. The van der Waals surface area contributed by atoms with Gasteiger partial charge in [0.05, 0.1) is 33.5 Å². The van der Waals surface area contributed by atoms with Crippen LogP contribution in [0.5, 0.6) is 0 Å². The summed E-state index contributed by atoms with van der Waals surface area (Å²) in [6.45, 7) is 1.00. The number of halogens is 6. The lowest BCUT2D eigenvalue weighted by Gasteiger charge is -2.32. The molecule has 0 saturated heterocycles. The van der Waals surface area contributed by atoms with E-state index < -0.39 is 29.8 Å². The van der Waals surface area contributed by atoms with Crippen LogP contribution in [0.4, 0.5) is 26.3 Å². The van der Waals surface area contributed by atoms with E-state index in [1.807, 2.05) is 24.3 Å². The van der Waals surface area contributed by atoms with Crippen molar-refractivity contribution in [3.63, 3.8) is 0 Å². The average molecular weight is 804 g/mol. The second kappa shape index (κ2) is 13.1. The van der Waals surface area contributed by atoms with E-state index in [0.29, 0.717) is 5.69 Å². The highest BCUT2D eigenvalue weighted by molar-refractivity contribution is 6.13. The first-order valence-corrected chi connectivity index (χ1v) is 20.0. The van der Waals surface area contributed by atoms with Gasteiger partial charge in [-0.2, -0.15) is 26.3 Å². The molecule has 6 aromatic carbocycles. The number of nitrogens with zero attached hydrogens (tertiary/aromatic N) is 3. The van der Waals surface area contributed by atoms with Gasteiger partial charge < -0.3 is 13.7 Å². The molecule has 0 aliphatic heterocycles. The Morgan fingerprint density at radius 1 is 0.517 bits per heavy atom. The number of alkyl halides is 6. The van der Waals surface area contributed by atoms with Crippen molar-refractivity contribution in [3.8, 4) is 17.1 Å². The molecule has 0 N–H and O–H groups in total. The predicted octanol–water partition coefficient (Wildman–Crippen LogP) is 14.5. The van der Waals surface area contributed by atoms with Crippen LogP contribution in [-0.4, -0.2) is 26.1 Å². The van der Waals surface area contributed by atoms with Gasteiger partial charge in [-0.05, 0) is 90.7 Å². The molecule has 0 fully saturated rings. The molecular formula is C51H35F6N3. The fourth-order valence-electron chi connectivity index (χ4n) is 9.95. The number of para-hydroxylation sites is 3. The topological polar surface area (TPSA) is 14.8 Å². The molecule has 3 nitrogen and oxygen atoms in total. The Hall–Kier alpha value is -6.74. The summed E-state index contributed by atoms with van der Waals surface area (Å²) in [5.41, 5.74) is 9.06. The second-order valence-electron chi connectivity index (χ2n) is 15.8. The zero-order valence-electron chi connectivity index (χ0n) is 32.2. The van der Waals surface area contributed by atoms with E-state index in [4.69, 9.17) is 0 Å². The summed E-state index contributed by atoms with van der Waals surface area (Å²) >= 11 is 0. The average Bonchev–Trinajstić information content (AvgIpc) is 3.88. The number of rotatable bonds is 4. The lowest BCUT2D eigenvalue weighted by Crippen LogP contribution is -2.34. The van der Waals surface area contributed by atoms with Gasteiger partial charge in [0.2, 0.25) is 0 Å². The molecule has 2 unspecified atom stereocenters. The van der Waals surface area contributed by atoms with E-state index in [9.17, 15) is 26.3 Å². The third-order valence-corrected chi connectivity index (χ3v) is 12.6. The first kappa shape index (κ1) is 36.3. The van der Waals surface area contributed by atoms with E-state index in [2.05, 4.69) is 111 Å². The van der Waals surface area contributed by atoms with Gasteiger partial charge in [-0.3, -0.25) is 0 Å². The zero-order valence-corrected chi connectivity index (χ0v) is 32.2. The van der Waals surface area contributed by atoms with Gasteiger partial charge in [-0.1, -0.05) is 98.0 Å². The minimum absolute atomic E-state index is 0.199. The summed E-state index contributed by atoms with van der Waals surface area (Å²) < 4.78 is 91.6. The molecule has 9 heteroatoms. The zero-order chi connectivity index (χ0) is 41.1. The fourth-order valence-corrected chi connectivity index (χ4v) is 9.95. The number of aromatic nitrogens is 3. The lowest BCUT2D eigenvalue weighted by molar-refractivity contribution is -0.176. The monoisotopic (exact) mass is 803 g/mol. The van der Waals surface area contributed by atoms with Gasteiger partial charge in [0.15, 0.2) is 0 Å². The Labute approximate surface area is 340 Å². The highest BCUT2D eigenvalue weighted by atomic mass is 19.4. The van der Waals surface area contributed by atoms with Crippen molar-refractivity contribution in [2.24, 2.45) is 11.8 Å². The predicted molar refractivity (Wildman–Crippen MR) is 230 cm³/mol. The summed E-state index contributed by atoms with van der Waals surface area (Å²) in [4.78, 5) is 0. The second-order valence-corrected chi connectivity index (χ2v) is 15.8. The molecule has 2 atom stereocenters. The minimum atomic E-state index is -4.94. The maximum atomic E-state index is 14.5. The van der Waals surface area contributed by atoms with Gasteiger partial charge in [0.25, 0.3) is 0 Å². The Kier molecular flexibility index (Phi) is 7.96. The van der Waals surface area contributed by atoms with Crippen LogP contribution in [0.1, 0.15) is 30.2 Å². The molecule has 9 aromatic rings. The van der Waals surface area contributed by atoms with Crippen LogP contribution in [-0.2, 0) is 6.42 Å². The maximum absolute atomic E-state index is 14.5. The molecule has 0 spiro atoms. The van der Waals surface area contributed by atoms with Crippen molar-refractivity contribution in [3.05, 3.63) is 174 Å². The summed E-state index contributed by atoms with van der Waals surface area (Å²) in [5, 5.41) is 5.48. The normalized spacial score (nSPS) is 17.2. The van der Waals surface area contributed by atoms with Crippen molar-refractivity contribution < 1.29 is 26.3 Å². The quantitative estimate of drug-likeness (QED) is 0.157. The Morgan fingerprint density at radius 3 is 1.60 bits per heavy atom. The lowest BCUT2D eigenvalue weighted by atomic mass is 9.78. The molecule has 2 aliphatic rings. The SMILES string of the molecule is CC1C(C(F)(F)F)=C(c2ccc(-n3c4ccc(-n5c6c(c7ccccc75)C=CCC6)cc4c4cc(-n5c6ccccc6c6ccccc65)ccc43)cc2)C=CC1C(F)(F)F. The van der Waals surface area contributed by atoms with Crippen LogP contribution in [0.25, 0.3) is 83.2 Å². The third kappa shape index (κ3) is 5.44. The van der Waals surface area contributed by atoms with Crippen LogP contribution in [0, 0.1) is 11.8 Å². The standard InChI is InChI=1S/C51H35F6N3/c1-30-42(50(52,53)54)25-24-35(49(30)51(55,56)57)31-18-20-32(21-19-31)58-47-26-22-33(59-43-14-6-2-10-36(43)37-11-3-7-15-44(37)59)28-40(47)41-29-34(23-27-48(41)58)60-45-16-8-4-12-38(45)39-13-5-9-17-46(39)60/h2-8,10-16,18-30,42H,9,17H2,1H3. The van der Waals surface area contributed by atoms with E-state index in [1.165, 1.54) is 16.6 Å². The molecule has 60 heavy (non-hydrogen) atoms. The number of hydrogen-bond acceptors (Lipinski definition) is 0.